The second-order valence-electron chi connectivity index (χ2n) is 4.51. The van der Waals surface area contributed by atoms with E-state index >= 15 is 0 Å². The Balaban J connectivity index is 2.39. The normalized spacial score (nSPS) is 11.6. The molecule has 2 N–H and O–H groups in total. The van der Waals surface area contributed by atoms with Crippen LogP contribution in [0.4, 0.5) is 0 Å². The van der Waals surface area contributed by atoms with Crippen LogP contribution in [0, 0.1) is 0 Å². The van der Waals surface area contributed by atoms with Gasteiger partial charge < -0.3 is 4.74 Å². The molecular formula is C17H23N3O+2. The van der Waals surface area contributed by atoms with E-state index in [4.69, 9.17) is 10.1 Å². The van der Waals surface area contributed by atoms with E-state index in [1.807, 2.05) is 48.6 Å². The Labute approximate surface area is 126 Å². The molecule has 1 heterocycles. The predicted molar refractivity (Wildman–Crippen MR) is 85.9 cm³/mol. The van der Waals surface area contributed by atoms with Crippen LogP contribution >= 0.6 is 0 Å². The number of hydrogen-bond donors (Lipinski definition) is 1. The number of rotatable bonds is 9. The van der Waals surface area contributed by atoms with Crippen molar-refractivity contribution in [2.24, 2.45) is 0 Å². The summed E-state index contributed by atoms with van der Waals surface area (Å²) in [5.74, 6) is 0. The molecule has 0 unspecified atom stereocenters. The summed E-state index contributed by atoms with van der Waals surface area (Å²) in [4.78, 5) is 2.05. The summed E-state index contributed by atoms with van der Waals surface area (Å²) in [6.07, 6.45) is 14.2. The number of ether oxygens (including phenoxy) is 1. The zero-order valence-corrected chi connectivity index (χ0v) is 12.5. The maximum absolute atomic E-state index is 5.46. The van der Waals surface area contributed by atoms with Gasteiger partial charge in [0.05, 0.1) is 6.26 Å². The minimum absolute atomic E-state index is 0.490. The highest BCUT2D eigenvalue weighted by Gasteiger charge is 2.04. The standard InChI is InChI=1S/C17H22N3O/c1-4-16(6-10-18)9-13-21-15-19(3)14-20-11-7-17(5-2)8-12-20/h4-13,18H,1-2,14-15H2,3H3/q+1/p+1/b13-9-,16-6-,18-10?. The van der Waals surface area contributed by atoms with Crippen LogP contribution in [0.25, 0.3) is 6.08 Å². The number of pyridine rings is 1. The van der Waals surface area contributed by atoms with E-state index in [0.717, 1.165) is 17.8 Å². The lowest BCUT2D eigenvalue weighted by atomic mass is 10.2. The average Bonchev–Trinajstić information content (AvgIpc) is 2.51. The fraction of sp³-hybridized carbons (Fsp3) is 0.176. The van der Waals surface area contributed by atoms with Crippen molar-refractivity contribution >= 4 is 12.3 Å². The topological polar surface area (TPSA) is 41.9 Å². The van der Waals surface area contributed by atoms with Gasteiger partial charge in [-0.1, -0.05) is 25.3 Å². The lowest BCUT2D eigenvalue weighted by Gasteiger charge is -2.12. The molecule has 0 aliphatic heterocycles. The fourth-order valence-electron chi connectivity index (χ4n) is 1.62. The Hall–Kier alpha value is -2.46. The Kier molecular flexibility index (Phi) is 7.46. The van der Waals surface area contributed by atoms with Gasteiger partial charge in [-0.3, -0.25) is 5.41 Å². The highest BCUT2D eigenvalue weighted by atomic mass is 16.5. The van der Waals surface area contributed by atoms with Crippen molar-refractivity contribution in [3.05, 3.63) is 73.3 Å². The third kappa shape index (κ3) is 6.49. The SMILES string of the molecule is C=CC(/C=C\OCN(C)C[n+]1ccc(C=C)cc1)=C/C=[NH2+]. The lowest BCUT2D eigenvalue weighted by molar-refractivity contribution is -0.715. The lowest BCUT2D eigenvalue weighted by Crippen LogP contribution is -2.42. The number of nitrogens with two attached hydrogens (primary N) is 1. The molecule has 0 aliphatic carbocycles. The number of hydrogen-bond acceptors (Lipinski definition) is 2. The molecule has 1 aromatic rings. The van der Waals surface area contributed by atoms with Crippen LogP contribution in [-0.2, 0) is 11.4 Å². The summed E-state index contributed by atoms with van der Waals surface area (Å²) < 4.78 is 7.53. The Morgan fingerprint density at radius 3 is 2.67 bits per heavy atom. The van der Waals surface area contributed by atoms with Gasteiger partial charge in [0.1, 0.15) is 6.73 Å². The third-order valence-electron chi connectivity index (χ3n) is 2.73. The number of allylic oxidation sites excluding steroid dienone is 4. The van der Waals surface area contributed by atoms with Crippen molar-refractivity contribution in [1.29, 1.82) is 0 Å². The van der Waals surface area contributed by atoms with Gasteiger partial charge in [-0.15, -0.1) is 0 Å². The van der Waals surface area contributed by atoms with Crippen molar-refractivity contribution in [2.75, 3.05) is 13.8 Å². The fourth-order valence-corrected chi connectivity index (χ4v) is 1.62. The molecule has 4 nitrogen and oxygen atoms in total. The van der Waals surface area contributed by atoms with E-state index in [1.165, 1.54) is 6.21 Å². The van der Waals surface area contributed by atoms with Crippen molar-refractivity contribution in [3.8, 4) is 0 Å². The summed E-state index contributed by atoms with van der Waals surface area (Å²) in [6, 6.07) is 4.04. The van der Waals surface area contributed by atoms with Crippen LogP contribution in [0.1, 0.15) is 5.56 Å². The maximum atomic E-state index is 5.46. The van der Waals surface area contributed by atoms with Crippen LogP contribution in [0.2, 0.25) is 0 Å². The van der Waals surface area contributed by atoms with E-state index in [0.29, 0.717) is 6.73 Å². The zero-order valence-electron chi connectivity index (χ0n) is 12.5. The molecule has 110 valence electrons. The third-order valence-corrected chi connectivity index (χ3v) is 2.73. The summed E-state index contributed by atoms with van der Waals surface area (Å²) in [7, 11) is 1.99. The number of aromatic nitrogens is 1. The first-order valence-corrected chi connectivity index (χ1v) is 6.65. The van der Waals surface area contributed by atoms with E-state index in [9.17, 15) is 0 Å². The van der Waals surface area contributed by atoms with Gasteiger partial charge in [0, 0.05) is 18.2 Å². The molecule has 4 heteroatoms. The summed E-state index contributed by atoms with van der Waals surface area (Å²) >= 11 is 0. The highest BCUT2D eigenvalue weighted by molar-refractivity contribution is 5.68. The molecule has 0 saturated carbocycles. The molecule has 21 heavy (non-hydrogen) atoms. The van der Waals surface area contributed by atoms with Gasteiger partial charge in [0.15, 0.2) is 18.6 Å². The van der Waals surface area contributed by atoms with Gasteiger partial charge in [0.2, 0.25) is 6.67 Å². The zero-order chi connectivity index (χ0) is 15.5. The molecule has 0 aromatic carbocycles. The van der Waals surface area contributed by atoms with Crippen molar-refractivity contribution in [2.45, 2.75) is 6.67 Å². The maximum Gasteiger partial charge on any atom is 0.206 e. The van der Waals surface area contributed by atoms with Crippen LogP contribution in [0.3, 0.4) is 0 Å². The first kappa shape index (κ1) is 16.6. The minimum Gasteiger partial charge on any atom is -0.486 e. The summed E-state index contributed by atoms with van der Waals surface area (Å²) in [5.41, 5.74) is 2.00. The second kappa shape index (κ2) is 9.44. The second-order valence-corrected chi connectivity index (χ2v) is 4.51. The van der Waals surface area contributed by atoms with Gasteiger partial charge in [0.25, 0.3) is 0 Å². The molecule has 0 bridgehead atoms. The van der Waals surface area contributed by atoms with Gasteiger partial charge in [-0.2, -0.15) is 4.57 Å². The first-order chi connectivity index (χ1) is 10.2. The van der Waals surface area contributed by atoms with E-state index in [-0.39, 0.29) is 0 Å². The number of nitrogens with zero attached hydrogens (tertiary/aromatic N) is 2. The van der Waals surface area contributed by atoms with E-state index < -0.39 is 0 Å². The monoisotopic (exact) mass is 285 g/mol. The minimum atomic E-state index is 0.490. The molecule has 1 rings (SSSR count). The highest BCUT2D eigenvalue weighted by Crippen LogP contribution is 1.98. The van der Waals surface area contributed by atoms with Crippen LogP contribution < -0.4 is 9.98 Å². The van der Waals surface area contributed by atoms with Crippen LogP contribution in [0.15, 0.2) is 67.7 Å². The van der Waals surface area contributed by atoms with Gasteiger partial charge in [-0.25, -0.2) is 4.90 Å². The molecule has 0 amide bonds. The van der Waals surface area contributed by atoms with Crippen molar-refractivity contribution in [1.82, 2.24) is 4.90 Å². The Bertz CT molecular complexity index is 529. The van der Waals surface area contributed by atoms with Gasteiger partial charge in [-0.05, 0) is 24.3 Å². The molecular weight excluding hydrogens is 262 g/mol. The molecule has 0 spiro atoms. The Morgan fingerprint density at radius 1 is 1.38 bits per heavy atom. The average molecular weight is 285 g/mol. The molecule has 0 atom stereocenters. The Morgan fingerprint density at radius 2 is 2.10 bits per heavy atom. The summed E-state index contributed by atoms with van der Waals surface area (Å²) in [6.45, 7) is 8.66. The summed E-state index contributed by atoms with van der Waals surface area (Å²) in [5, 5.41) is 5.32. The van der Waals surface area contributed by atoms with Crippen molar-refractivity contribution in [3.63, 3.8) is 0 Å². The smallest absolute Gasteiger partial charge is 0.206 e. The quantitative estimate of drug-likeness (QED) is 0.241. The molecule has 0 fully saturated rings. The van der Waals surface area contributed by atoms with Gasteiger partial charge >= 0.3 is 0 Å². The predicted octanol–water partition coefficient (Wildman–Crippen LogP) is 0.936. The van der Waals surface area contributed by atoms with Crippen LogP contribution in [0.5, 0.6) is 0 Å². The van der Waals surface area contributed by atoms with Crippen LogP contribution in [-0.4, -0.2) is 24.9 Å². The van der Waals surface area contributed by atoms with Crippen molar-refractivity contribution < 1.29 is 14.7 Å². The van der Waals surface area contributed by atoms with E-state index in [2.05, 4.69) is 17.7 Å². The largest absolute Gasteiger partial charge is 0.486 e. The molecule has 0 radical (unpaired) electrons. The molecule has 0 aliphatic rings. The molecule has 0 saturated heterocycles. The first-order valence-electron chi connectivity index (χ1n) is 6.65. The van der Waals surface area contributed by atoms with E-state index in [1.54, 1.807) is 18.4 Å². The molecule has 1 aromatic heterocycles.